The average molecular weight is 309 g/mol. The second-order valence-electron chi connectivity index (χ2n) is 4.73. The van der Waals surface area contributed by atoms with Gasteiger partial charge in [-0.05, 0) is 18.2 Å². The highest BCUT2D eigenvalue weighted by Gasteiger charge is 2.09. The van der Waals surface area contributed by atoms with Crippen molar-refractivity contribution in [3.63, 3.8) is 0 Å². The summed E-state index contributed by atoms with van der Waals surface area (Å²) in [6.45, 7) is 0.332. The summed E-state index contributed by atoms with van der Waals surface area (Å²) in [5, 5.41) is 2.85. The van der Waals surface area contributed by atoms with Gasteiger partial charge in [-0.2, -0.15) is 0 Å². The number of aromatic nitrogens is 4. The van der Waals surface area contributed by atoms with Crippen molar-refractivity contribution in [3.8, 4) is 11.7 Å². The smallest absolute Gasteiger partial charge is 0.251 e. The zero-order valence-corrected chi connectivity index (χ0v) is 12.5. The third-order valence-electron chi connectivity index (χ3n) is 3.26. The van der Waals surface area contributed by atoms with Crippen molar-refractivity contribution in [1.82, 2.24) is 24.8 Å². The number of carbonyl (C=O) groups excluding carboxylic acids is 1. The summed E-state index contributed by atoms with van der Waals surface area (Å²) in [6.07, 6.45) is 8.29. The number of nitrogens with one attached hydrogen (secondary N) is 1. The van der Waals surface area contributed by atoms with Crippen LogP contribution in [-0.2, 0) is 6.54 Å². The predicted molar refractivity (Wildman–Crippen MR) is 83.3 cm³/mol. The summed E-state index contributed by atoms with van der Waals surface area (Å²) in [4.78, 5) is 24.6. The van der Waals surface area contributed by atoms with Gasteiger partial charge in [0.1, 0.15) is 12.1 Å². The zero-order chi connectivity index (χ0) is 16.1. The number of imidazole rings is 1. The molecular weight excluding hydrogens is 294 g/mol. The second-order valence-corrected chi connectivity index (χ2v) is 4.73. The fourth-order valence-corrected chi connectivity index (χ4v) is 2.12. The number of hydrogen-bond acceptors (Lipinski definition) is 5. The maximum atomic E-state index is 12.3. The first-order valence-electron chi connectivity index (χ1n) is 6.98. The monoisotopic (exact) mass is 309 g/mol. The van der Waals surface area contributed by atoms with Crippen molar-refractivity contribution < 1.29 is 9.53 Å². The highest BCUT2D eigenvalue weighted by atomic mass is 16.5. The second kappa shape index (κ2) is 6.69. The van der Waals surface area contributed by atoms with Crippen LogP contribution in [0.1, 0.15) is 15.9 Å². The SMILES string of the molecule is COc1ncccc1CNC(=O)c1ccnc(-n2ccnc2)c1. The topological polar surface area (TPSA) is 81.9 Å². The fraction of sp³-hybridized carbons (Fsp3) is 0.125. The number of carbonyl (C=O) groups is 1. The van der Waals surface area contributed by atoms with Crippen molar-refractivity contribution in [2.24, 2.45) is 0 Å². The molecule has 0 aliphatic carbocycles. The van der Waals surface area contributed by atoms with Crippen LogP contribution in [0.5, 0.6) is 5.88 Å². The first kappa shape index (κ1) is 14.7. The van der Waals surface area contributed by atoms with Gasteiger partial charge in [-0.25, -0.2) is 15.0 Å². The van der Waals surface area contributed by atoms with Crippen molar-refractivity contribution >= 4 is 5.91 Å². The number of hydrogen-bond donors (Lipinski definition) is 1. The molecule has 7 heteroatoms. The molecule has 7 nitrogen and oxygen atoms in total. The van der Waals surface area contributed by atoms with E-state index in [9.17, 15) is 4.79 Å². The minimum absolute atomic E-state index is 0.195. The molecule has 3 aromatic rings. The number of rotatable bonds is 5. The van der Waals surface area contributed by atoms with Gasteiger partial charge in [-0.1, -0.05) is 6.07 Å². The fourth-order valence-electron chi connectivity index (χ4n) is 2.12. The van der Waals surface area contributed by atoms with Gasteiger partial charge in [0.25, 0.3) is 5.91 Å². The maximum absolute atomic E-state index is 12.3. The van der Waals surface area contributed by atoms with Crippen LogP contribution in [0.2, 0.25) is 0 Å². The quantitative estimate of drug-likeness (QED) is 0.774. The van der Waals surface area contributed by atoms with Crippen LogP contribution in [0.25, 0.3) is 5.82 Å². The molecule has 0 bridgehead atoms. The molecule has 0 aromatic carbocycles. The van der Waals surface area contributed by atoms with Gasteiger partial charge in [0.2, 0.25) is 5.88 Å². The van der Waals surface area contributed by atoms with Crippen molar-refractivity contribution in [3.05, 3.63) is 66.5 Å². The van der Waals surface area contributed by atoms with Crippen LogP contribution in [0.3, 0.4) is 0 Å². The first-order valence-corrected chi connectivity index (χ1v) is 6.98. The normalized spacial score (nSPS) is 10.3. The molecule has 3 heterocycles. The number of nitrogens with zero attached hydrogens (tertiary/aromatic N) is 4. The Morgan fingerprint density at radius 2 is 2.17 bits per heavy atom. The molecule has 0 aliphatic rings. The van der Waals surface area contributed by atoms with Crippen LogP contribution in [0.4, 0.5) is 0 Å². The van der Waals surface area contributed by atoms with Gasteiger partial charge in [-0.3, -0.25) is 9.36 Å². The van der Waals surface area contributed by atoms with E-state index >= 15 is 0 Å². The van der Waals surface area contributed by atoms with E-state index < -0.39 is 0 Å². The third kappa shape index (κ3) is 3.34. The maximum Gasteiger partial charge on any atom is 0.251 e. The molecule has 0 unspecified atom stereocenters. The van der Waals surface area contributed by atoms with Crippen molar-refractivity contribution in [2.75, 3.05) is 7.11 Å². The molecular formula is C16H15N5O2. The summed E-state index contributed by atoms with van der Waals surface area (Å²) in [5.74, 6) is 0.940. The number of methoxy groups -OCH3 is 1. The van der Waals surface area contributed by atoms with E-state index in [0.717, 1.165) is 5.56 Å². The Labute approximate surface area is 133 Å². The summed E-state index contributed by atoms with van der Waals surface area (Å²) in [6, 6.07) is 7.02. The van der Waals surface area contributed by atoms with Crippen molar-refractivity contribution in [1.29, 1.82) is 0 Å². The molecule has 1 amide bonds. The largest absolute Gasteiger partial charge is 0.481 e. The lowest BCUT2D eigenvalue weighted by Crippen LogP contribution is -2.23. The van der Waals surface area contributed by atoms with Gasteiger partial charge in [0.05, 0.1) is 7.11 Å². The molecule has 0 fully saturated rings. The molecule has 0 aliphatic heterocycles. The Balaban J connectivity index is 1.72. The van der Waals surface area contributed by atoms with E-state index in [0.29, 0.717) is 23.8 Å². The van der Waals surface area contributed by atoms with Gasteiger partial charge < -0.3 is 10.1 Å². The van der Waals surface area contributed by atoms with Gasteiger partial charge in [0.15, 0.2) is 0 Å². The van der Waals surface area contributed by atoms with E-state index in [4.69, 9.17) is 4.74 Å². The van der Waals surface area contributed by atoms with Gasteiger partial charge >= 0.3 is 0 Å². The summed E-state index contributed by atoms with van der Waals surface area (Å²) in [7, 11) is 1.55. The molecule has 0 radical (unpaired) electrons. The van der Waals surface area contributed by atoms with Crippen LogP contribution < -0.4 is 10.1 Å². The van der Waals surface area contributed by atoms with E-state index in [2.05, 4.69) is 20.3 Å². The molecule has 23 heavy (non-hydrogen) atoms. The van der Waals surface area contributed by atoms with E-state index in [-0.39, 0.29) is 5.91 Å². The minimum atomic E-state index is -0.195. The molecule has 116 valence electrons. The van der Waals surface area contributed by atoms with Crippen LogP contribution in [-0.4, -0.2) is 32.5 Å². The van der Waals surface area contributed by atoms with Crippen LogP contribution >= 0.6 is 0 Å². The average Bonchev–Trinajstić information content (AvgIpc) is 3.14. The molecule has 0 saturated heterocycles. The van der Waals surface area contributed by atoms with E-state index in [1.54, 1.807) is 61.0 Å². The molecule has 1 N–H and O–H groups in total. The highest BCUT2D eigenvalue weighted by Crippen LogP contribution is 2.13. The third-order valence-corrected chi connectivity index (χ3v) is 3.26. The molecule has 0 saturated carbocycles. The number of ether oxygens (including phenoxy) is 1. The Bertz CT molecular complexity index is 802. The lowest BCUT2D eigenvalue weighted by Gasteiger charge is -2.09. The molecule has 3 aromatic heterocycles. The lowest BCUT2D eigenvalue weighted by atomic mass is 10.2. The lowest BCUT2D eigenvalue weighted by molar-refractivity contribution is 0.0950. The van der Waals surface area contributed by atoms with Gasteiger partial charge in [0, 0.05) is 42.5 Å². The Kier molecular flexibility index (Phi) is 4.28. The zero-order valence-electron chi connectivity index (χ0n) is 12.5. The first-order chi connectivity index (χ1) is 11.3. The summed E-state index contributed by atoms with van der Waals surface area (Å²) >= 11 is 0. The van der Waals surface area contributed by atoms with E-state index in [1.165, 1.54) is 0 Å². The highest BCUT2D eigenvalue weighted by molar-refractivity contribution is 5.94. The Morgan fingerprint density at radius 1 is 1.26 bits per heavy atom. The minimum Gasteiger partial charge on any atom is -0.481 e. The number of amides is 1. The summed E-state index contributed by atoms with van der Waals surface area (Å²) in [5.41, 5.74) is 1.33. The predicted octanol–water partition coefficient (Wildman–Crippen LogP) is 1.60. The van der Waals surface area contributed by atoms with E-state index in [1.807, 2.05) is 6.07 Å². The van der Waals surface area contributed by atoms with Gasteiger partial charge in [-0.15, -0.1) is 0 Å². The van der Waals surface area contributed by atoms with Crippen molar-refractivity contribution in [2.45, 2.75) is 6.54 Å². The number of pyridine rings is 2. The van der Waals surface area contributed by atoms with Crippen LogP contribution in [0.15, 0.2) is 55.4 Å². The molecule has 0 atom stereocenters. The Morgan fingerprint density at radius 3 is 2.96 bits per heavy atom. The summed E-state index contributed by atoms with van der Waals surface area (Å²) < 4.78 is 6.91. The van der Waals surface area contributed by atoms with Crippen LogP contribution in [0, 0.1) is 0 Å². The Hall–Kier alpha value is -3.22. The molecule has 3 rings (SSSR count). The molecule has 0 spiro atoms. The standard InChI is InChI=1S/C16H15N5O2/c1-23-16-13(3-2-5-19-16)10-20-15(22)12-4-6-18-14(9-12)21-8-7-17-11-21/h2-9,11H,10H2,1H3,(H,20,22).